The Hall–Kier alpha value is -0.980. The van der Waals surface area contributed by atoms with Crippen LogP contribution in [0.15, 0.2) is 4.52 Å². The third-order valence-electron chi connectivity index (χ3n) is 4.54. The molecule has 2 heterocycles. The van der Waals surface area contributed by atoms with Gasteiger partial charge in [-0.3, -0.25) is 0 Å². The average molecular weight is 281 g/mol. The molecule has 1 saturated carbocycles. The van der Waals surface area contributed by atoms with E-state index in [9.17, 15) is 5.11 Å². The molecule has 6 nitrogen and oxygen atoms in total. The molecular weight excluding hydrogens is 258 g/mol. The molecule has 0 bridgehead atoms. The minimum atomic E-state index is -0.139. The van der Waals surface area contributed by atoms with Gasteiger partial charge in [0.1, 0.15) is 0 Å². The highest BCUT2D eigenvalue weighted by atomic mass is 16.5. The van der Waals surface area contributed by atoms with Crippen LogP contribution in [0, 0.1) is 0 Å². The fourth-order valence-corrected chi connectivity index (χ4v) is 3.16. The molecular formula is C14H23N3O3. The van der Waals surface area contributed by atoms with E-state index in [1.807, 2.05) is 0 Å². The predicted molar refractivity (Wildman–Crippen MR) is 72.2 cm³/mol. The smallest absolute Gasteiger partial charge is 0.229 e. The van der Waals surface area contributed by atoms with E-state index >= 15 is 0 Å². The molecule has 1 aromatic rings. The summed E-state index contributed by atoms with van der Waals surface area (Å²) < 4.78 is 10.7. The van der Waals surface area contributed by atoms with Crippen LogP contribution in [-0.2, 0) is 11.3 Å². The number of aromatic nitrogens is 2. The number of nitrogens with zero attached hydrogens (tertiary/aromatic N) is 2. The largest absolute Gasteiger partial charge is 0.394 e. The minimum Gasteiger partial charge on any atom is -0.394 e. The molecule has 0 amide bonds. The molecule has 0 spiro atoms. The molecule has 0 atom stereocenters. The number of aliphatic hydroxyl groups is 1. The molecule has 3 rings (SSSR count). The summed E-state index contributed by atoms with van der Waals surface area (Å²) in [6.45, 7) is 2.29. The van der Waals surface area contributed by atoms with Gasteiger partial charge in [-0.2, -0.15) is 4.98 Å². The maximum atomic E-state index is 9.56. The van der Waals surface area contributed by atoms with Crippen LogP contribution in [-0.4, -0.2) is 40.6 Å². The number of hydrogen-bond acceptors (Lipinski definition) is 6. The summed E-state index contributed by atoms with van der Waals surface area (Å²) in [5, 5.41) is 17.0. The molecule has 1 aliphatic carbocycles. The predicted octanol–water partition coefficient (Wildman–Crippen LogP) is 1.36. The zero-order valence-electron chi connectivity index (χ0n) is 11.8. The van der Waals surface area contributed by atoms with Crippen molar-refractivity contribution in [3.63, 3.8) is 0 Å². The highest BCUT2D eigenvalue weighted by molar-refractivity contribution is 4.98. The SMILES string of the molecule is OCC1(NCc2noc(C3CCOCC3)n2)CCCC1. The van der Waals surface area contributed by atoms with E-state index in [4.69, 9.17) is 9.26 Å². The van der Waals surface area contributed by atoms with Gasteiger partial charge in [-0.25, -0.2) is 0 Å². The first-order chi connectivity index (χ1) is 9.81. The Kier molecular flexibility index (Phi) is 4.33. The van der Waals surface area contributed by atoms with Gasteiger partial charge in [0.2, 0.25) is 5.89 Å². The molecule has 0 unspecified atom stereocenters. The Morgan fingerprint density at radius 3 is 2.70 bits per heavy atom. The van der Waals surface area contributed by atoms with Crippen molar-refractivity contribution in [1.82, 2.24) is 15.5 Å². The fraction of sp³-hybridized carbons (Fsp3) is 0.857. The topological polar surface area (TPSA) is 80.4 Å². The lowest BCUT2D eigenvalue weighted by atomic mass is 9.99. The van der Waals surface area contributed by atoms with Crippen LogP contribution < -0.4 is 5.32 Å². The van der Waals surface area contributed by atoms with Crippen LogP contribution in [0.2, 0.25) is 0 Å². The lowest BCUT2D eigenvalue weighted by Gasteiger charge is -2.27. The third-order valence-corrected chi connectivity index (χ3v) is 4.54. The molecule has 1 saturated heterocycles. The first kappa shape index (κ1) is 14.0. The standard InChI is InChI=1S/C14H23N3O3/c18-10-14(5-1-2-6-14)15-9-12-16-13(20-17-12)11-3-7-19-8-4-11/h11,15,18H,1-10H2. The molecule has 112 valence electrons. The van der Waals surface area contributed by atoms with E-state index in [0.717, 1.165) is 44.8 Å². The molecule has 20 heavy (non-hydrogen) atoms. The summed E-state index contributed by atoms with van der Waals surface area (Å²) in [6.07, 6.45) is 6.30. The summed E-state index contributed by atoms with van der Waals surface area (Å²) in [6, 6.07) is 0. The van der Waals surface area contributed by atoms with E-state index in [2.05, 4.69) is 15.5 Å². The summed E-state index contributed by atoms with van der Waals surface area (Å²) in [7, 11) is 0. The third kappa shape index (κ3) is 3.02. The van der Waals surface area contributed by atoms with E-state index in [1.54, 1.807) is 0 Å². The number of rotatable bonds is 5. The second kappa shape index (κ2) is 6.20. The van der Waals surface area contributed by atoms with Crippen LogP contribution >= 0.6 is 0 Å². The minimum absolute atomic E-state index is 0.139. The maximum Gasteiger partial charge on any atom is 0.229 e. The van der Waals surface area contributed by atoms with Crippen molar-refractivity contribution >= 4 is 0 Å². The zero-order chi connectivity index (χ0) is 13.8. The number of nitrogens with one attached hydrogen (secondary N) is 1. The van der Waals surface area contributed by atoms with Crippen LogP contribution in [0.1, 0.15) is 56.2 Å². The Morgan fingerprint density at radius 1 is 1.25 bits per heavy atom. The second-order valence-corrected chi connectivity index (χ2v) is 5.93. The van der Waals surface area contributed by atoms with Gasteiger partial charge in [-0.1, -0.05) is 18.0 Å². The summed E-state index contributed by atoms with van der Waals surface area (Å²) in [4.78, 5) is 4.48. The quantitative estimate of drug-likeness (QED) is 0.848. The molecule has 2 aliphatic rings. The number of ether oxygens (including phenoxy) is 1. The van der Waals surface area contributed by atoms with Crippen LogP contribution in [0.4, 0.5) is 0 Å². The van der Waals surface area contributed by atoms with Gasteiger partial charge in [0.05, 0.1) is 13.2 Å². The number of aliphatic hydroxyl groups excluding tert-OH is 1. The van der Waals surface area contributed by atoms with Crippen LogP contribution in [0.5, 0.6) is 0 Å². The molecule has 2 N–H and O–H groups in total. The van der Waals surface area contributed by atoms with E-state index in [1.165, 1.54) is 12.8 Å². The van der Waals surface area contributed by atoms with Gasteiger partial charge in [0.25, 0.3) is 0 Å². The van der Waals surface area contributed by atoms with Crippen molar-refractivity contribution in [2.24, 2.45) is 0 Å². The van der Waals surface area contributed by atoms with Crippen molar-refractivity contribution in [1.29, 1.82) is 0 Å². The first-order valence-corrected chi connectivity index (χ1v) is 7.57. The Morgan fingerprint density at radius 2 is 2.00 bits per heavy atom. The fourth-order valence-electron chi connectivity index (χ4n) is 3.16. The van der Waals surface area contributed by atoms with Crippen LogP contribution in [0.3, 0.4) is 0 Å². The summed E-state index contributed by atoms with van der Waals surface area (Å²) >= 11 is 0. The Labute approximate surface area is 118 Å². The van der Waals surface area contributed by atoms with Crippen molar-refractivity contribution in [3.8, 4) is 0 Å². The van der Waals surface area contributed by atoms with Gasteiger partial charge in [0.15, 0.2) is 5.82 Å². The normalized spacial score (nSPS) is 23.2. The molecule has 0 aromatic carbocycles. The zero-order valence-corrected chi connectivity index (χ0v) is 11.8. The average Bonchev–Trinajstić information content (AvgIpc) is 3.16. The number of hydrogen-bond donors (Lipinski definition) is 2. The summed E-state index contributed by atoms with van der Waals surface area (Å²) in [5.41, 5.74) is -0.139. The monoisotopic (exact) mass is 281 g/mol. The molecule has 6 heteroatoms. The van der Waals surface area contributed by atoms with Gasteiger partial charge in [-0.15, -0.1) is 0 Å². The van der Waals surface area contributed by atoms with Gasteiger partial charge < -0.3 is 19.7 Å². The maximum absolute atomic E-state index is 9.56. The summed E-state index contributed by atoms with van der Waals surface area (Å²) in [5.74, 6) is 1.75. The lowest BCUT2D eigenvalue weighted by Crippen LogP contribution is -2.45. The van der Waals surface area contributed by atoms with Crippen molar-refractivity contribution in [2.75, 3.05) is 19.8 Å². The second-order valence-electron chi connectivity index (χ2n) is 5.93. The Bertz CT molecular complexity index is 423. The van der Waals surface area contributed by atoms with E-state index in [-0.39, 0.29) is 12.1 Å². The Balaban J connectivity index is 1.56. The van der Waals surface area contributed by atoms with E-state index < -0.39 is 0 Å². The van der Waals surface area contributed by atoms with Crippen LogP contribution in [0.25, 0.3) is 0 Å². The van der Waals surface area contributed by atoms with Crippen molar-refractivity contribution < 1.29 is 14.4 Å². The first-order valence-electron chi connectivity index (χ1n) is 7.57. The van der Waals surface area contributed by atoms with Gasteiger partial charge in [-0.05, 0) is 25.7 Å². The van der Waals surface area contributed by atoms with E-state index in [0.29, 0.717) is 18.3 Å². The van der Waals surface area contributed by atoms with Crippen molar-refractivity contribution in [3.05, 3.63) is 11.7 Å². The molecule has 1 aromatic heterocycles. The van der Waals surface area contributed by atoms with Gasteiger partial charge >= 0.3 is 0 Å². The van der Waals surface area contributed by atoms with Crippen molar-refractivity contribution in [2.45, 2.75) is 56.5 Å². The highest BCUT2D eigenvalue weighted by Crippen LogP contribution is 2.29. The molecule has 0 radical (unpaired) electrons. The van der Waals surface area contributed by atoms with Gasteiger partial charge in [0, 0.05) is 24.7 Å². The molecule has 1 aliphatic heterocycles. The lowest BCUT2D eigenvalue weighted by molar-refractivity contribution is 0.0778. The molecule has 2 fully saturated rings. The highest BCUT2D eigenvalue weighted by Gasteiger charge is 2.33.